The fourth-order valence-corrected chi connectivity index (χ4v) is 8.21. The van der Waals surface area contributed by atoms with E-state index in [1.54, 1.807) is 0 Å². The first-order valence-corrected chi connectivity index (χ1v) is 21.3. The van der Waals surface area contributed by atoms with Crippen molar-refractivity contribution >= 4 is 27.6 Å². The Morgan fingerprint density at radius 3 is 1.30 bits per heavy atom. The zero-order valence-corrected chi connectivity index (χ0v) is 35.1. The summed E-state index contributed by atoms with van der Waals surface area (Å²) >= 11 is 0. The Bertz CT molecular complexity index is 3190. The predicted octanol–water partition coefficient (Wildman–Crippen LogP) is 13.6. The molecule has 306 valence electrons. The third-order valence-corrected chi connectivity index (χ3v) is 11.4. The molecular weight excluding hydrogens is 787 g/mol. The molecule has 0 spiro atoms. The van der Waals surface area contributed by atoms with Gasteiger partial charge in [0.1, 0.15) is 0 Å². The fourth-order valence-electron chi connectivity index (χ4n) is 8.21. The summed E-state index contributed by atoms with van der Waals surface area (Å²) in [6, 6.07) is 65.8. The van der Waals surface area contributed by atoms with Crippen LogP contribution in [0.1, 0.15) is 18.9 Å². The first-order chi connectivity index (χ1) is 31.4. The Kier molecular flexibility index (Phi) is 10.9. The number of pyridine rings is 2. The lowest BCUT2D eigenvalue weighted by Gasteiger charge is -2.15. The maximum atomic E-state index is 12.7. The third-order valence-electron chi connectivity index (χ3n) is 11.4. The molecule has 0 bridgehead atoms. The van der Waals surface area contributed by atoms with Gasteiger partial charge in [0.15, 0.2) is 23.3 Å². The second-order valence-electron chi connectivity index (χ2n) is 15.7. The summed E-state index contributed by atoms with van der Waals surface area (Å²) < 4.78 is 0. The first kappa shape index (κ1) is 39.7. The van der Waals surface area contributed by atoms with E-state index in [2.05, 4.69) is 109 Å². The van der Waals surface area contributed by atoms with Crippen molar-refractivity contribution in [2.45, 2.75) is 19.8 Å². The van der Waals surface area contributed by atoms with Crippen molar-refractivity contribution in [3.05, 3.63) is 212 Å². The van der Waals surface area contributed by atoms with Crippen LogP contribution in [0.5, 0.6) is 0 Å². The van der Waals surface area contributed by atoms with Crippen molar-refractivity contribution < 1.29 is 9.90 Å². The predicted molar refractivity (Wildman–Crippen MR) is 258 cm³/mol. The summed E-state index contributed by atoms with van der Waals surface area (Å²) in [5.41, 5.74) is 13.2. The van der Waals surface area contributed by atoms with E-state index in [0.717, 1.165) is 88.8 Å². The van der Waals surface area contributed by atoms with E-state index in [-0.39, 0.29) is 18.0 Å². The normalized spacial score (nSPS) is 11.5. The van der Waals surface area contributed by atoms with Gasteiger partial charge in [0.05, 0.1) is 28.2 Å². The lowest BCUT2D eigenvalue weighted by Crippen LogP contribution is -2.04. The number of nitrogens with zero attached hydrogens (tertiary/aromatic N) is 5. The number of benzene rings is 7. The SMILES string of the molecule is C/C(O)=C/C(=O)CCc1ccccc1-c1nc(-c2ccccc2-c2ccc(-c3ccc4ccccc4n3)cc2)nc(-c2ccccc2-c2ccc(-c3ccc4ccccc4n3)cc2)n1. The van der Waals surface area contributed by atoms with Crippen LogP contribution in [0.2, 0.25) is 0 Å². The molecule has 0 amide bonds. The van der Waals surface area contributed by atoms with Gasteiger partial charge in [-0.3, -0.25) is 4.79 Å². The average Bonchev–Trinajstić information content (AvgIpc) is 3.35. The summed E-state index contributed by atoms with van der Waals surface area (Å²) in [5.74, 6) is 1.38. The molecular formula is C57H41N5O2. The van der Waals surface area contributed by atoms with Gasteiger partial charge in [-0.2, -0.15) is 0 Å². The number of rotatable bonds is 11. The molecule has 64 heavy (non-hydrogen) atoms. The van der Waals surface area contributed by atoms with Crippen LogP contribution in [0.3, 0.4) is 0 Å². The minimum Gasteiger partial charge on any atom is -0.512 e. The van der Waals surface area contributed by atoms with Crippen LogP contribution in [-0.4, -0.2) is 35.8 Å². The maximum absolute atomic E-state index is 12.7. The zero-order valence-electron chi connectivity index (χ0n) is 35.1. The number of carbonyl (C=O) groups excluding carboxylic acids is 1. The molecule has 0 aliphatic heterocycles. The van der Waals surface area contributed by atoms with Crippen LogP contribution in [0.15, 0.2) is 206 Å². The number of para-hydroxylation sites is 2. The number of carbonyl (C=O) groups is 1. The molecule has 0 saturated carbocycles. The molecule has 0 saturated heterocycles. The molecule has 7 nitrogen and oxygen atoms in total. The lowest BCUT2D eigenvalue weighted by molar-refractivity contribution is -0.114. The van der Waals surface area contributed by atoms with Crippen molar-refractivity contribution in [2.75, 3.05) is 0 Å². The van der Waals surface area contributed by atoms with Gasteiger partial charge < -0.3 is 5.11 Å². The first-order valence-electron chi connectivity index (χ1n) is 21.3. The number of allylic oxidation sites excluding steroid dienone is 2. The second-order valence-corrected chi connectivity index (χ2v) is 15.7. The molecule has 10 aromatic rings. The van der Waals surface area contributed by atoms with Gasteiger partial charge in [0.25, 0.3) is 0 Å². The molecule has 3 aromatic heterocycles. The van der Waals surface area contributed by atoms with Gasteiger partial charge in [-0.25, -0.2) is 24.9 Å². The maximum Gasteiger partial charge on any atom is 0.164 e. The topological polar surface area (TPSA) is 102 Å². The summed E-state index contributed by atoms with van der Waals surface area (Å²) in [6.45, 7) is 1.50. The Morgan fingerprint density at radius 2 is 0.812 bits per heavy atom. The van der Waals surface area contributed by atoms with E-state index in [4.69, 9.17) is 24.9 Å². The summed E-state index contributed by atoms with van der Waals surface area (Å²) in [5, 5.41) is 12.0. The third kappa shape index (κ3) is 8.30. The zero-order chi connectivity index (χ0) is 43.4. The fraction of sp³-hybridized carbons (Fsp3) is 0.0526. The smallest absolute Gasteiger partial charge is 0.164 e. The van der Waals surface area contributed by atoms with Crippen molar-refractivity contribution in [1.82, 2.24) is 24.9 Å². The van der Waals surface area contributed by atoms with Crippen LogP contribution < -0.4 is 0 Å². The minimum absolute atomic E-state index is 0.0117. The van der Waals surface area contributed by atoms with E-state index >= 15 is 0 Å². The van der Waals surface area contributed by atoms with Gasteiger partial charge in [0, 0.05) is 51.1 Å². The van der Waals surface area contributed by atoms with Crippen molar-refractivity contribution in [3.8, 4) is 78.9 Å². The molecule has 0 fully saturated rings. The minimum atomic E-state index is -0.153. The number of fused-ring (bicyclic) bond motifs is 2. The number of aliphatic hydroxyl groups excluding tert-OH is 1. The van der Waals surface area contributed by atoms with E-state index in [1.807, 2.05) is 84.9 Å². The highest BCUT2D eigenvalue weighted by atomic mass is 16.3. The number of ketones is 1. The highest BCUT2D eigenvalue weighted by Gasteiger charge is 2.20. The quantitative estimate of drug-likeness (QED) is 0.102. The van der Waals surface area contributed by atoms with Gasteiger partial charge in [-0.1, -0.05) is 170 Å². The molecule has 7 aromatic carbocycles. The highest BCUT2D eigenvalue weighted by Crippen LogP contribution is 2.37. The van der Waals surface area contributed by atoms with Crippen LogP contribution in [-0.2, 0) is 11.2 Å². The van der Waals surface area contributed by atoms with Gasteiger partial charge in [-0.15, -0.1) is 0 Å². The number of aliphatic hydroxyl groups is 1. The molecule has 0 aliphatic rings. The van der Waals surface area contributed by atoms with E-state index in [1.165, 1.54) is 13.0 Å². The molecule has 0 unspecified atom stereocenters. The van der Waals surface area contributed by atoms with E-state index in [9.17, 15) is 9.90 Å². The molecule has 10 rings (SSSR count). The summed E-state index contributed by atoms with van der Waals surface area (Å²) in [6.07, 6.45) is 1.94. The van der Waals surface area contributed by atoms with Crippen LogP contribution in [0, 0.1) is 0 Å². The standard InChI is InChI=1S/C57H41N5O2/c1-37(63)36-45(64)33-30-38-12-2-5-17-48(38)55-60-56(49-18-8-6-15-46(49)39-22-26-43(27-23-39)53-34-31-41-13-3-10-20-51(41)58-53)62-57(61-55)50-19-9-7-16-47(50)40-24-28-44(29-25-40)54-35-32-42-14-4-11-21-52(42)59-54/h2-29,31-32,34-36,63H,30,33H2,1H3/b37-36-. The van der Waals surface area contributed by atoms with Crippen LogP contribution in [0.4, 0.5) is 0 Å². The molecule has 7 heteroatoms. The number of aromatic nitrogens is 5. The number of aryl methyl sites for hydroxylation is 1. The Morgan fingerprint density at radius 1 is 0.422 bits per heavy atom. The largest absolute Gasteiger partial charge is 0.512 e. The number of hydrogen-bond acceptors (Lipinski definition) is 7. The Balaban J connectivity index is 1.07. The van der Waals surface area contributed by atoms with Gasteiger partial charge in [-0.05, 0) is 65.4 Å². The van der Waals surface area contributed by atoms with Crippen LogP contribution >= 0.6 is 0 Å². The Labute approximate surface area is 371 Å². The van der Waals surface area contributed by atoms with Crippen molar-refractivity contribution in [1.29, 1.82) is 0 Å². The monoisotopic (exact) mass is 827 g/mol. The molecule has 3 heterocycles. The van der Waals surface area contributed by atoms with Crippen LogP contribution in [0.25, 0.3) is 101 Å². The molecule has 0 aliphatic carbocycles. The Hall–Kier alpha value is -8.42. The summed E-state index contributed by atoms with van der Waals surface area (Å²) in [4.78, 5) is 38.3. The van der Waals surface area contributed by atoms with Crippen molar-refractivity contribution in [3.63, 3.8) is 0 Å². The number of hydrogen-bond donors (Lipinski definition) is 1. The lowest BCUT2D eigenvalue weighted by atomic mass is 9.96. The van der Waals surface area contributed by atoms with E-state index < -0.39 is 0 Å². The highest BCUT2D eigenvalue weighted by molar-refractivity contribution is 5.90. The van der Waals surface area contributed by atoms with Crippen molar-refractivity contribution in [2.24, 2.45) is 0 Å². The molecule has 1 N–H and O–H groups in total. The van der Waals surface area contributed by atoms with Gasteiger partial charge in [0.2, 0.25) is 0 Å². The molecule has 0 atom stereocenters. The summed E-state index contributed by atoms with van der Waals surface area (Å²) in [7, 11) is 0. The second kappa shape index (κ2) is 17.5. The average molecular weight is 828 g/mol. The van der Waals surface area contributed by atoms with E-state index in [0.29, 0.717) is 23.9 Å². The van der Waals surface area contributed by atoms with Gasteiger partial charge >= 0.3 is 0 Å². The molecule has 0 radical (unpaired) electrons.